The normalized spacial score (nSPS) is 10.4. The Morgan fingerprint density at radius 2 is 2.11 bits per heavy atom. The Bertz CT molecular complexity index is 605. The third-order valence-electron chi connectivity index (χ3n) is 2.95. The smallest absolute Gasteiger partial charge is 0.253 e. The van der Waals surface area contributed by atoms with Crippen LogP contribution in [0.3, 0.4) is 0 Å². The van der Waals surface area contributed by atoms with Crippen molar-refractivity contribution in [2.24, 2.45) is 5.73 Å². The van der Waals surface area contributed by atoms with Gasteiger partial charge in [-0.25, -0.2) is 0 Å². The van der Waals surface area contributed by atoms with Crippen LogP contribution in [0.15, 0.2) is 47.4 Å². The lowest BCUT2D eigenvalue weighted by molar-refractivity contribution is 0.296. The molecule has 1 aromatic carbocycles. The molecule has 0 atom stereocenters. The number of hydrogen-bond acceptors (Lipinski definition) is 3. The molecule has 0 bridgehead atoms. The Kier molecular flexibility index (Phi) is 4.36. The predicted octanol–water partition coefficient (Wildman–Crippen LogP) is 1.69. The van der Waals surface area contributed by atoms with Gasteiger partial charge in [-0.3, -0.25) is 4.79 Å². The number of nitrogens with two attached hydrogens (primary N) is 1. The van der Waals surface area contributed by atoms with Crippen LogP contribution in [-0.2, 0) is 13.1 Å². The molecule has 2 aromatic rings. The number of aromatic nitrogens is 1. The van der Waals surface area contributed by atoms with Crippen molar-refractivity contribution in [2.75, 3.05) is 6.61 Å². The van der Waals surface area contributed by atoms with E-state index in [0.717, 1.165) is 16.9 Å². The highest BCUT2D eigenvalue weighted by atomic mass is 16.5. The van der Waals surface area contributed by atoms with Crippen LogP contribution in [0.2, 0.25) is 0 Å². The van der Waals surface area contributed by atoms with E-state index in [-0.39, 0.29) is 5.56 Å². The van der Waals surface area contributed by atoms with Gasteiger partial charge in [0.05, 0.1) is 6.54 Å². The van der Waals surface area contributed by atoms with Crippen molar-refractivity contribution in [1.29, 1.82) is 0 Å². The molecule has 0 radical (unpaired) electrons. The molecule has 0 unspecified atom stereocenters. The zero-order valence-corrected chi connectivity index (χ0v) is 11.0. The molecule has 0 spiro atoms. The second-order valence-corrected chi connectivity index (χ2v) is 4.39. The van der Waals surface area contributed by atoms with Gasteiger partial charge in [0.2, 0.25) is 0 Å². The van der Waals surface area contributed by atoms with E-state index in [1.54, 1.807) is 10.8 Å². The van der Waals surface area contributed by atoms with Crippen LogP contribution >= 0.6 is 0 Å². The molecular formula is C15H18N2O2. The standard InChI is InChI=1S/C15H18N2O2/c1-12-4-3-7-17(15(12)18)8-9-19-14-6-2-5-13(10-14)11-16/h2-7,10H,8-9,11,16H2,1H3. The van der Waals surface area contributed by atoms with Crippen LogP contribution in [-0.4, -0.2) is 11.2 Å². The molecule has 2 rings (SSSR count). The summed E-state index contributed by atoms with van der Waals surface area (Å²) in [5.41, 5.74) is 7.38. The summed E-state index contributed by atoms with van der Waals surface area (Å²) in [5, 5.41) is 0. The van der Waals surface area contributed by atoms with E-state index in [1.807, 2.05) is 43.3 Å². The SMILES string of the molecule is Cc1cccn(CCOc2cccc(CN)c2)c1=O. The van der Waals surface area contributed by atoms with E-state index in [1.165, 1.54) is 0 Å². The summed E-state index contributed by atoms with van der Waals surface area (Å²) in [7, 11) is 0. The lowest BCUT2D eigenvalue weighted by Gasteiger charge is -2.09. The first-order valence-corrected chi connectivity index (χ1v) is 6.28. The minimum Gasteiger partial charge on any atom is -0.492 e. The monoisotopic (exact) mass is 258 g/mol. The minimum absolute atomic E-state index is 0.0295. The number of pyridine rings is 1. The molecule has 0 saturated heterocycles. The summed E-state index contributed by atoms with van der Waals surface area (Å²) in [6.07, 6.45) is 1.77. The Hall–Kier alpha value is -2.07. The van der Waals surface area contributed by atoms with Crippen molar-refractivity contribution in [3.8, 4) is 5.75 Å². The number of aryl methyl sites for hydroxylation is 1. The van der Waals surface area contributed by atoms with Crippen molar-refractivity contribution in [3.63, 3.8) is 0 Å². The highest BCUT2D eigenvalue weighted by Crippen LogP contribution is 2.12. The summed E-state index contributed by atoms with van der Waals surface area (Å²) in [4.78, 5) is 11.8. The fraction of sp³-hybridized carbons (Fsp3) is 0.267. The molecule has 19 heavy (non-hydrogen) atoms. The van der Waals surface area contributed by atoms with Crippen molar-refractivity contribution in [3.05, 3.63) is 64.1 Å². The molecular weight excluding hydrogens is 240 g/mol. The lowest BCUT2D eigenvalue weighted by atomic mass is 10.2. The summed E-state index contributed by atoms with van der Waals surface area (Å²) in [5.74, 6) is 0.781. The molecule has 0 aliphatic heterocycles. The van der Waals surface area contributed by atoms with Crippen LogP contribution in [0, 0.1) is 6.92 Å². The third kappa shape index (κ3) is 3.45. The van der Waals surface area contributed by atoms with E-state index in [0.29, 0.717) is 19.7 Å². The van der Waals surface area contributed by atoms with Crippen molar-refractivity contribution in [1.82, 2.24) is 4.57 Å². The maximum Gasteiger partial charge on any atom is 0.253 e. The number of hydrogen-bond donors (Lipinski definition) is 1. The molecule has 0 fully saturated rings. The highest BCUT2D eigenvalue weighted by molar-refractivity contribution is 5.28. The Morgan fingerprint density at radius 1 is 1.26 bits per heavy atom. The van der Waals surface area contributed by atoms with Gasteiger partial charge in [-0.1, -0.05) is 18.2 Å². The van der Waals surface area contributed by atoms with Gasteiger partial charge in [-0.05, 0) is 30.7 Å². The molecule has 0 saturated carbocycles. The first-order chi connectivity index (χ1) is 9.20. The topological polar surface area (TPSA) is 57.2 Å². The molecule has 0 aliphatic rings. The maximum atomic E-state index is 11.8. The van der Waals surface area contributed by atoms with Gasteiger partial charge in [0, 0.05) is 18.3 Å². The first kappa shape index (κ1) is 13.4. The predicted molar refractivity (Wildman–Crippen MR) is 75.3 cm³/mol. The van der Waals surface area contributed by atoms with Crippen molar-refractivity contribution >= 4 is 0 Å². The van der Waals surface area contributed by atoms with Gasteiger partial charge in [-0.15, -0.1) is 0 Å². The Balaban J connectivity index is 1.96. The molecule has 1 heterocycles. The number of benzene rings is 1. The largest absolute Gasteiger partial charge is 0.492 e. The molecule has 100 valence electrons. The number of nitrogens with zero attached hydrogens (tertiary/aromatic N) is 1. The second-order valence-electron chi connectivity index (χ2n) is 4.39. The summed E-state index contributed by atoms with van der Waals surface area (Å²) < 4.78 is 7.29. The fourth-order valence-corrected chi connectivity index (χ4v) is 1.86. The van der Waals surface area contributed by atoms with E-state index in [2.05, 4.69) is 0 Å². The zero-order chi connectivity index (χ0) is 13.7. The average molecular weight is 258 g/mol. The molecule has 4 nitrogen and oxygen atoms in total. The minimum atomic E-state index is 0.0295. The second kappa shape index (κ2) is 6.20. The molecule has 0 amide bonds. The molecule has 2 N–H and O–H groups in total. The lowest BCUT2D eigenvalue weighted by Crippen LogP contribution is -2.23. The van der Waals surface area contributed by atoms with Crippen LogP contribution in [0.5, 0.6) is 5.75 Å². The number of ether oxygens (including phenoxy) is 1. The average Bonchev–Trinajstić information content (AvgIpc) is 2.44. The van der Waals surface area contributed by atoms with E-state index >= 15 is 0 Å². The van der Waals surface area contributed by atoms with E-state index in [9.17, 15) is 4.79 Å². The molecule has 4 heteroatoms. The summed E-state index contributed by atoms with van der Waals surface area (Å²) >= 11 is 0. The Labute approximate surface area is 112 Å². The van der Waals surface area contributed by atoms with Crippen molar-refractivity contribution in [2.45, 2.75) is 20.0 Å². The summed E-state index contributed by atoms with van der Waals surface area (Å²) in [6.45, 7) is 3.30. The van der Waals surface area contributed by atoms with E-state index < -0.39 is 0 Å². The number of rotatable bonds is 5. The fourth-order valence-electron chi connectivity index (χ4n) is 1.86. The van der Waals surface area contributed by atoms with E-state index in [4.69, 9.17) is 10.5 Å². The van der Waals surface area contributed by atoms with Crippen molar-refractivity contribution < 1.29 is 4.74 Å². The van der Waals surface area contributed by atoms with Gasteiger partial charge in [-0.2, -0.15) is 0 Å². The first-order valence-electron chi connectivity index (χ1n) is 6.28. The third-order valence-corrected chi connectivity index (χ3v) is 2.95. The van der Waals surface area contributed by atoms with Gasteiger partial charge in [0.1, 0.15) is 12.4 Å². The van der Waals surface area contributed by atoms with Crippen LogP contribution < -0.4 is 16.0 Å². The van der Waals surface area contributed by atoms with Crippen LogP contribution in [0.1, 0.15) is 11.1 Å². The molecule has 0 aliphatic carbocycles. The van der Waals surface area contributed by atoms with Gasteiger partial charge < -0.3 is 15.0 Å². The maximum absolute atomic E-state index is 11.8. The van der Waals surface area contributed by atoms with Crippen LogP contribution in [0.25, 0.3) is 0 Å². The van der Waals surface area contributed by atoms with Gasteiger partial charge in [0.15, 0.2) is 0 Å². The van der Waals surface area contributed by atoms with Gasteiger partial charge >= 0.3 is 0 Å². The molecule has 1 aromatic heterocycles. The Morgan fingerprint density at radius 3 is 2.89 bits per heavy atom. The van der Waals surface area contributed by atoms with Crippen LogP contribution in [0.4, 0.5) is 0 Å². The zero-order valence-electron chi connectivity index (χ0n) is 11.0. The summed E-state index contributed by atoms with van der Waals surface area (Å²) in [6, 6.07) is 11.3. The van der Waals surface area contributed by atoms with Gasteiger partial charge in [0.25, 0.3) is 5.56 Å². The highest BCUT2D eigenvalue weighted by Gasteiger charge is 1.99. The quantitative estimate of drug-likeness (QED) is 0.888.